The first-order valence-corrected chi connectivity index (χ1v) is 6.57. The van der Waals surface area contributed by atoms with Gasteiger partial charge in [0.05, 0.1) is 19.3 Å². The highest BCUT2D eigenvalue weighted by molar-refractivity contribution is 5.80. The maximum absolute atomic E-state index is 12.5. The molecular weight excluding hydrogens is 250 g/mol. The summed E-state index contributed by atoms with van der Waals surface area (Å²) >= 11 is 0. The normalized spacial score (nSPS) is 30.9. The molecule has 0 aromatic rings. The Morgan fingerprint density at radius 3 is 2.68 bits per heavy atom. The van der Waals surface area contributed by atoms with Gasteiger partial charge in [0, 0.05) is 6.54 Å². The Bertz CT molecular complexity index is 389. The van der Waals surface area contributed by atoms with E-state index < -0.39 is 23.2 Å². The lowest BCUT2D eigenvalue weighted by Crippen LogP contribution is -2.58. The monoisotopic (exact) mass is 271 g/mol. The Morgan fingerprint density at radius 2 is 2.11 bits per heavy atom. The van der Waals surface area contributed by atoms with Crippen molar-refractivity contribution in [3.8, 4) is 0 Å². The van der Waals surface area contributed by atoms with Gasteiger partial charge < -0.3 is 19.5 Å². The van der Waals surface area contributed by atoms with E-state index in [0.717, 1.165) is 0 Å². The lowest BCUT2D eigenvalue weighted by atomic mass is 9.75. The molecule has 0 aromatic carbocycles. The average Bonchev–Trinajstić information content (AvgIpc) is 2.70. The van der Waals surface area contributed by atoms with Crippen LogP contribution in [-0.2, 0) is 14.3 Å². The van der Waals surface area contributed by atoms with E-state index in [1.807, 2.05) is 20.8 Å². The predicted molar refractivity (Wildman–Crippen MR) is 66.8 cm³/mol. The molecule has 2 aliphatic rings. The van der Waals surface area contributed by atoms with Crippen molar-refractivity contribution >= 4 is 12.1 Å². The van der Waals surface area contributed by atoms with E-state index in [1.54, 1.807) is 0 Å². The van der Waals surface area contributed by atoms with Crippen molar-refractivity contribution in [2.45, 2.75) is 45.3 Å². The molecule has 0 bridgehead atoms. The first-order valence-electron chi connectivity index (χ1n) is 6.57. The topological polar surface area (TPSA) is 76.1 Å². The zero-order valence-corrected chi connectivity index (χ0v) is 11.6. The second-order valence-corrected chi connectivity index (χ2v) is 6.27. The summed E-state index contributed by atoms with van der Waals surface area (Å²) in [5.74, 6) is -0.339. The van der Waals surface area contributed by atoms with Gasteiger partial charge in [0.2, 0.25) is 0 Å². The summed E-state index contributed by atoms with van der Waals surface area (Å²) in [5, 5.41) is 9.23. The standard InChI is InChI=1S/C13H21NO5/c1-12(2,3)19-10(15)13-5-4-6-14(11(16)17)9(13)7-18-8-13/h9H,4-8H2,1-3H3,(H,16,17)/t9-,13+/m0/s1. The molecule has 2 fully saturated rings. The third-order valence-corrected chi connectivity index (χ3v) is 3.72. The van der Waals surface area contributed by atoms with Crippen molar-refractivity contribution in [3.63, 3.8) is 0 Å². The summed E-state index contributed by atoms with van der Waals surface area (Å²) in [6.45, 7) is 6.40. The van der Waals surface area contributed by atoms with E-state index in [2.05, 4.69) is 0 Å². The molecule has 2 rings (SSSR count). The van der Waals surface area contributed by atoms with Gasteiger partial charge in [-0.25, -0.2) is 4.79 Å². The van der Waals surface area contributed by atoms with E-state index >= 15 is 0 Å². The molecule has 2 aliphatic heterocycles. The van der Waals surface area contributed by atoms with Gasteiger partial charge >= 0.3 is 12.1 Å². The number of carbonyl (C=O) groups excluding carboxylic acids is 1. The van der Waals surface area contributed by atoms with Crippen LogP contribution in [-0.4, -0.2) is 53.5 Å². The highest BCUT2D eigenvalue weighted by atomic mass is 16.6. The number of likely N-dealkylation sites (tertiary alicyclic amines) is 1. The summed E-state index contributed by atoms with van der Waals surface area (Å²) < 4.78 is 10.9. The van der Waals surface area contributed by atoms with Crippen LogP contribution in [0.5, 0.6) is 0 Å². The fourth-order valence-corrected chi connectivity index (χ4v) is 2.86. The van der Waals surface area contributed by atoms with Crippen LogP contribution in [0.4, 0.5) is 4.79 Å². The number of nitrogens with zero attached hydrogens (tertiary/aromatic N) is 1. The minimum absolute atomic E-state index is 0.246. The second kappa shape index (κ2) is 4.67. The molecule has 0 radical (unpaired) electrons. The van der Waals surface area contributed by atoms with Gasteiger partial charge in [-0.05, 0) is 33.6 Å². The molecule has 6 nitrogen and oxygen atoms in total. The van der Waals surface area contributed by atoms with Crippen molar-refractivity contribution in [3.05, 3.63) is 0 Å². The maximum atomic E-state index is 12.5. The number of carboxylic acid groups (broad SMARTS) is 1. The SMILES string of the molecule is CC(C)(C)OC(=O)[C@@]12CCCN(C(=O)O)[C@H]1COC2. The second-order valence-electron chi connectivity index (χ2n) is 6.27. The largest absolute Gasteiger partial charge is 0.465 e. The van der Waals surface area contributed by atoms with Crippen molar-refractivity contribution in [1.29, 1.82) is 0 Å². The number of esters is 1. The molecule has 108 valence electrons. The summed E-state index contributed by atoms with van der Waals surface area (Å²) in [7, 11) is 0. The van der Waals surface area contributed by atoms with Crippen molar-refractivity contribution < 1.29 is 24.2 Å². The summed E-state index contributed by atoms with van der Waals surface area (Å²) in [4.78, 5) is 25.0. The minimum Gasteiger partial charge on any atom is -0.465 e. The van der Waals surface area contributed by atoms with E-state index in [-0.39, 0.29) is 19.2 Å². The molecule has 2 saturated heterocycles. The number of fused-ring (bicyclic) bond motifs is 1. The number of hydrogen-bond acceptors (Lipinski definition) is 4. The molecule has 19 heavy (non-hydrogen) atoms. The van der Waals surface area contributed by atoms with Crippen LogP contribution in [0.3, 0.4) is 0 Å². The van der Waals surface area contributed by atoms with Crippen LogP contribution in [0.2, 0.25) is 0 Å². The van der Waals surface area contributed by atoms with E-state index in [1.165, 1.54) is 4.90 Å². The number of hydrogen-bond donors (Lipinski definition) is 1. The summed E-state index contributed by atoms with van der Waals surface area (Å²) in [5.41, 5.74) is -1.41. The molecule has 0 saturated carbocycles. The molecule has 1 amide bonds. The van der Waals surface area contributed by atoms with Crippen molar-refractivity contribution in [1.82, 2.24) is 4.90 Å². The first kappa shape index (κ1) is 14.1. The number of ether oxygens (including phenoxy) is 2. The lowest BCUT2D eigenvalue weighted by Gasteiger charge is -2.42. The fourth-order valence-electron chi connectivity index (χ4n) is 2.86. The Morgan fingerprint density at radius 1 is 1.42 bits per heavy atom. The zero-order valence-electron chi connectivity index (χ0n) is 11.6. The van der Waals surface area contributed by atoms with Gasteiger partial charge in [0.15, 0.2) is 0 Å². The number of amides is 1. The number of piperidine rings is 1. The Balaban J connectivity index is 2.24. The van der Waals surface area contributed by atoms with Crippen molar-refractivity contribution in [2.24, 2.45) is 5.41 Å². The van der Waals surface area contributed by atoms with Crippen LogP contribution in [0.25, 0.3) is 0 Å². The summed E-state index contributed by atoms with van der Waals surface area (Å²) in [6, 6.07) is -0.423. The molecule has 2 atom stereocenters. The lowest BCUT2D eigenvalue weighted by molar-refractivity contribution is -0.172. The first-order chi connectivity index (χ1) is 8.76. The van der Waals surface area contributed by atoms with Gasteiger partial charge in [0.1, 0.15) is 11.0 Å². The van der Waals surface area contributed by atoms with Gasteiger partial charge in [-0.1, -0.05) is 0 Å². The molecule has 1 N–H and O–H groups in total. The third-order valence-electron chi connectivity index (χ3n) is 3.72. The average molecular weight is 271 g/mol. The van der Waals surface area contributed by atoms with Crippen LogP contribution >= 0.6 is 0 Å². The quantitative estimate of drug-likeness (QED) is 0.731. The summed E-state index contributed by atoms with van der Waals surface area (Å²) in [6.07, 6.45) is 0.282. The molecule has 0 aliphatic carbocycles. The van der Waals surface area contributed by atoms with E-state index in [9.17, 15) is 14.7 Å². The van der Waals surface area contributed by atoms with Crippen LogP contribution < -0.4 is 0 Å². The molecule has 2 heterocycles. The number of carbonyl (C=O) groups is 2. The molecule has 0 aromatic heterocycles. The molecule has 0 unspecified atom stereocenters. The molecule has 0 spiro atoms. The van der Waals surface area contributed by atoms with E-state index in [0.29, 0.717) is 19.4 Å². The molecule has 6 heteroatoms. The Kier molecular flexibility index (Phi) is 3.47. The van der Waals surface area contributed by atoms with Gasteiger partial charge in [-0.2, -0.15) is 0 Å². The Hall–Kier alpha value is -1.30. The van der Waals surface area contributed by atoms with E-state index in [4.69, 9.17) is 9.47 Å². The van der Waals surface area contributed by atoms with Gasteiger partial charge in [0.25, 0.3) is 0 Å². The minimum atomic E-state index is -0.997. The van der Waals surface area contributed by atoms with Crippen molar-refractivity contribution in [2.75, 3.05) is 19.8 Å². The fraction of sp³-hybridized carbons (Fsp3) is 0.846. The third kappa shape index (κ3) is 2.54. The smallest absolute Gasteiger partial charge is 0.407 e. The predicted octanol–water partition coefficient (Wildman–Crippen LogP) is 1.49. The maximum Gasteiger partial charge on any atom is 0.407 e. The van der Waals surface area contributed by atoms with Gasteiger partial charge in [-0.3, -0.25) is 4.79 Å². The highest BCUT2D eigenvalue weighted by Crippen LogP contribution is 2.42. The zero-order chi connectivity index (χ0) is 14.3. The highest BCUT2D eigenvalue weighted by Gasteiger charge is 2.57. The van der Waals surface area contributed by atoms with Gasteiger partial charge in [-0.15, -0.1) is 0 Å². The molecular formula is C13H21NO5. The van der Waals surface area contributed by atoms with Crippen LogP contribution in [0, 0.1) is 5.41 Å². The number of rotatable bonds is 1. The Labute approximate surface area is 112 Å². The van der Waals surface area contributed by atoms with Crippen LogP contribution in [0.1, 0.15) is 33.6 Å². The van der Waals surface area contributed by atoms with Crippen LogP contribution in [0.15, 0.2) is 0 Å².